The highest BCUT2D eigenvalue weighted by Gasteiger charge is 2.38. The van der Waals surface area contributed by atoms with Gasteiger partial charge in [0.05, 0.1) is 17.6 Å². The molecule has 3 rings (SSSR count). The van der Waals surface area contributed by atoms with Gasteiger partial charge in [0, 0.05) is 17.8 Å². The molecule has 1 aromatic heterocycles. The molecule has 2 atom stereocenters. The van der Waals surface area contributed by atoms with Gasteiger partial charge in [0.1, 0.15) is 0 Å². The van der Waals surface area contributed by atoms with Gasteiger partial charge >= 0.3 is 0 Å². The fourth-order valence-electron chi connectivity index (χ4n) is 3.47. The number of fused-ring (bicyclic) bond motifs is 1. The van der Waals surface area contributed by atoms with E-state index in [-0.39, 0.29) is 11.9 Å². The quantitative estimate of drug-likeness (QED) is 0.837. The third-order valence-electron chi connectivity index (χ3n) is 4.88. The van der Waals surface area contributed by atoms with Crippen molar-refractivity contribution < 1.29 is 4.79 Å². The second kappa shape index (κ2) is 5.44. The van der Waals surface area contributed by atoms with E-state index in [0.29, 0.717) is 12.5 Å². The minimum atomic E-state index is -0.633. The van der Waals surface area contributed by atoms with Crippen LogP contribution < -0.4 is 11.1 Å². The first-order valence-electron chi connectivity index (χ1n) is 8.12. The van der Waals surface area contributed by atoms with Crippen LogP contribution >= 0.6 is 0 Å². The summed E-state index contributed by atoms with van der Waals surface area (Å²) in [5.74, 6) is -0.254. The molecule has 0 aliphatic heterocycles. The van der Waals surface area contributed by atoms with Crippen LogP contribution in [-0.2, 0) is 17.6 Å². The number of hydrogen-bond acceptors (Lipinski definition) is 3. The van der Waals surface area contributed by atoms with Gasteiger partial charge in [-0.15, -0.1) is 0 Å². The molecular weight excluding hydrogens is 264 g/mol. The second-order valence-corrected chi connectivity index (χ2v) is 6.92. The third kappa shape index (κ3) is 2.98. The Morgan fingerprint density at radius 3 is 2.90 bits per heavy atom. The number of carbonyl (C=O) groups excluding carboxylic acids is 1. The van der Waals surface area contributed by atoms with Crippen molar-refractivity contribution in [2.45, 2.75) is 76.4 Å². The number of hydrogen-bond donors (Lipinski definition) is 2. The van der Waals surface area contributed by atoms with E-state index >= 15 is 0 Å². The molecule has 21 heavy (non-hydrogen) atoms. The minimum absolute atomic E-state index is 0.225. The van der Waals surface area contributed by atoms with Crippen molar-refractivity contribution in [3.05, 3.63) is 17.7 Å². The zero-order valence-corrected chi connectivity index (χ0v) is 13.1. The molecule has 5 nitrogen and oxygen atoms in total. The van der Waals surface area contributed by atoms with Crippen LogP contribution in [0.3, 0.4) is 0 Å². The fourth-order valence-corrected chi connectivity index (χ4v) is 3.47. The van der Waals surface area contributed by atoms with Gasteiger partial charge in [-0.25, -0.2) is 4.98 Å². The number of aromatic nitrogens is 2. The van der Waals surface area contributed by atoms with Crippen molar-refractivity contribution in [1.29, 1.82) is 0 Å². The Bertz CT molecular complexity index is 534. The molecule has 1 fully saturated rings. The molecule has 0 saturated heterocycles. The molecule has 2 unspecified atom stereocenters. The van der Waals surface area contributed by atoms with Gasteiger partial charge in [0.2, 0.25) is 5.91 Å². The number of imidazole rings is 1. The van der Waals surface area contributed by atoms with Crippen LogP contribution in [0, 0.1) is 0 Å². The van der Waals surface area contributed by atoms with Crippen LogP contribution in [0.2, 0.25) is 0 Å². The maximum Gasteiger partial charge on any atom is 0.237 e. The molecule has 1 amide bonds. The van der Waals surface area contributed by atoms with E-state index in [2.05, 4.69) is 21.8 Å². The Morgan fingerprint density at radius 1 is 1.52 bits per heavy atom. The molecule has 116 valence electrons. The van der Waals surface area contributed by atoms with E-state index in [4.69, 9.17) is 5.73 Å². The molecule has 3 N–H and O–H groups in total. The Labute approximate surface area is 126 Å². The summed E-state index contributed by atoms with van der Waals surface area (Å²) in [5, 5.41) is 3.43. The van der Waals surface area contributed by atoms with Crippen LogP contribution in [0.5, 0.6) is 0 Å². The highest BCUT2D eigenvalue weighted by Crippen LogP contribution is 2.30. The summed E-state index contributed by atoms with van der Waals surface area (Å²) < 4.78 is 2.25. The Kier molecular flexibility index (Phi) is 3.78. The fraction of sp³-hybridized carbons (Fsp3) is 0.750. The van der Waals surface area contributed by atoms with Crippen molar-refractivity contribution in [3.63, 3.8) is 0 Å². The average Bonchev–Trinajstić information content (AvgIpc) is 3.14. The second-order valence-electron chi connectivity index (χ2n) is 6.92. The molecule has 2 aliphatic carbocycles. The summed E-state index contributed by atoms with van der Waals surface area (Å²) in [5.41, 5.74) is 7.62. The first-order chi connectivity index (χ1) is 9.99. The molecule has 2 aliphatic rings. The predicted octanol–water partition coefficient (Wildman–Crippen LogP) is 1.71. The van der Waals surface area contributed by atoms with E-state index in [1.165, 1.54) is 24.2 Å². The summed E-state index contributed by atoms with van der Waals surface area (Å²) in [6.07, 6.45) is 9.61. The van der Waals surface area contributed by atoms with E-state index in [9.17, 15) is 4.79 Å². The van der Waals surface area contributed by atoms with E-state index < -0.39 is 5.54 Å². The highest BCUT2D eigenvalue weighted by molar-refractivity contribution is 5.84. The molecule has 5 heteroatoms. The SMILES string of the molecule is CC(CC(C)(NC1CC1)C(N)=O)n1cnc2c1CCCC2. The summed E-state index contributed by atoms with van der Waals surface area (Å²) in [4.78, 5) is 16.5. The number of rotatable bonds is 6. The standard InChI is InChI=1S/C16H26N4O/c1-11(9-16(2,15(17)21)19-12-7-8-12)20-10-18-13-5-3-4-6-14(13)20/h10-12,19H,3-9H2,1-2H3,(H2,17,21). The van der Waals surface area contributed by atoms with Gasteiger partial charge in [0.15, 0.2) is 0 Å². The van der Waals surface area contributed by atoms with E-state index in [1.54, 1.807) is 0 Å². The number of aryl methyl sites for hydroxylation is 1. The van der Waals surface area contributed by atoms with Gasteiger partial charge in [-0.05, 0) is 58.8 Å². The molecule has 0 spiro atoms. The third-order valence-corrected chi connectivity index (χ3v) is 4.88. The summed E-state index contributed by atoms with van der Waals surface area (Å²) >= 11 is 0. The lowest BCUT2D eigenvalue weighted by Gasteiger charge is -2.32. The molecule has 1 saturated carbocycles. The maximum atomic E-state index is 11.9. The Balaban J connectivity index is 1.76. The predicted molar refractivity (Wildman–Crippen MR) is 82.0 cm³/mol. The van der Waals surface area contributed by atoms with Crippen molar-refractivity contribution in [2.24, 2.45) is 5.73 Å². The van der Waals surface area contributed by atoms with Gasteiger partial charge in [-0.1, -0.05) is 0 Å². The van der Waals surface area contributed by atoms with Gasteiger partial charge in [0.25, 0.3) is 0 Å². The highest BCUT2D eigenvalue weighted by atomic mass is 16.1. The van der Waals surface area contributed by atoms with E-state index in [0.717, 1.165) is 25.7 Å². The zero-order valence-electron chi connectivity index (χ0n) is 13.1. The van der Waals surface area contributed by atoms with Crippen molar-refractivity contribution in [2.75, 3.05) is 0 Å². The first kappa shape index (κ1) is 14.6. The van der Waals surface area contributed by atoms with Crippen molar-refractivity contribution >= 4 is 5.91 Å². The van der Waals surface area contributed by atoms with Crippen LogP contribution in [0.15, 0.2) is 6.33 Å². The summed E-state index contributed by atoms with van der Waals surface area (Å²) in [6, 6.07) is 0.689. The summed E-state index contributed by atoms with van der Waals surface area (Å²) in [6.45, 7) is 4.10. The topological polar surface area (TPSA) is 72.9 Å². The molecule has 0 aromatic carbocycles. The lowest BCUT2D eigenvalue weighted by molar-refractivity contribution is -0.124. The van der Waals surface area contributed by atoms with Crippen LogP contribution in [0.4, 0.5) is 0 Å². The van der Waals surface area contributed by atoms with Crippen LogP contribution in [-0.4, -0.2) is 27.0 Å². The van der Waals surface area contributed by atoms with E-state index in [1.807, 2.05) is 13.3 Å². The van der Waals surface area contributed by atoms with Gasteiger partial charge in [-0.2, -0.15) is 0 Å². The number of carbonyl (C=O) groups is 1. The molecule has 0 bridgehead atoms. The Hall–Kier alpha value is -1.36. The van der Waals surface area contributed by atoms with Gasteiger partial charge < -0.3 is 15.6 Å². The summed E-state index contributed by atoms with van der Waals surface area (Å²) in [7, 11) is 0. The monoisotopic (exact) mass is 290 g/mol. The minimum Gasteiger partial charge on any atom is -0.368 e. The largest absolute Gasteiger partial charge is 0.368 e. The molecule has 0 radical (unpaired) electrons. The number of nitrogens with one attached hydrogen (secondary N) is 1. The maximum absolute atomic E-state index is 11.9. The van der Waals surface area contributed by atoms with Gasteiger partial charge in [-0.3, -0.25) is 4.79 Å². The number of nitrogens with two attached hydrogens (primary N) is 1. The zero-order chi connectivity index (χ0) is 15.0. The molecule has 1 heterocycles. The normalized spacial score (nSPS) is 22.4. The average molecular weight is 290 g/mol. The molecule has 1 aromatic rings. The smallest absolute Gasteiger partial charge is 0.237 e. The van der Waals surface area contributed by atoms with Crippen molar-refractivity contribution in [3.8, 4) is 0 Å². The number of primary amides is 1. The lowest BCUT2D eigenvalue weighted by atomic mass is 9.91. The number of amides is 1. The Morgan fingerprint density at radius 2 is 2.24 bits per heavy atom. The lowest BCUT2D eigenvalue weighted by Crippen LogP contribution is -2.55. The number of nitrogens with zero attached hydrogens (tertiary/aromatic N) is 2. The van der Waals surface area contributed by atoms with Crippen molar-refractivity contribution in [1.82, 2.24) is 14.9 Å². The van der Waals surface area contributed by atoms with Crippen LogP contribution in [0.25, 0.3) is 0 Å². The van der Waals surface area contributed by atoms with Crippen LogP contribution in [0.1, 0.15) is 63.4 Å². The molecular formula is C16H26N4O. The first-order valence-corrected chi connectivity index (χ1v) is 8.12.